The van der Waals surface area contributed by atoms with Crippen molar-refractivity contribution in [3.05, 3.63) is 265 Å². The number of rotatable bonds is 7. The highest BCUT2D eigenvalue weighted by Crippen LogP contribution is 2.58. The zero-order valence-corrected chi connectivity index (χ0v) is 35.7. The molecule has 10 aromatic carbocycles. The van der Waals surface area contributed by atoms with E-state index in [0.717, 1.165) is 22.7 Å². The molecule has 2 nitrogen and oxygen atoms in total. The van der Waals surface area contributed by atoms with Crippen molar-refractivity contribution < 1.29 is 0 Å². The molecule has 0 N–H and O–H groups in total. The SMILES string of the molecule is c1ccc(N(c2ccc3c(c2)C(c2ccccc2)(c2ccccc2)c2cc(-c4ccc5c(c4)c4ccccc4n5-c4ccccc4)ccc2-3)c2ccc3sc4ccccc4c3c2)cc1. The van der Waals surface area contributed by atoms with E-state index in [1.165, 1.54) is 86.5 Å². The zero-order valence-electron chi connectivity index (χ0n) is 34.9. The minimum Gasteiger partial charge on any atom is -0.310 e. The minimum atomic E-state index is -0.595. The van der Waals surface area contributed by atoms with E-state index in [-0.39, 0.29) is 0 Å². The summed E-state index contributed by atoms with van der Waals surface area (Å²) < 4.78 is 5.00. The lowest BCUT2D eigenvalue weighted by molar-refractivity contribution is 0.768. The van der Waals surface area contributed by atoms with Crippen LogP contribution in [0.3, 0.4) is 0 Å². The van der Waals surface area contributed by atoms with Crippen LogP contribution in [0.1, 0.15) is 22.3 Å². The van der Waals surface area contributed by atoms with Gasteiger partial charge in [0.15, 0.2) is 0 Å². The summed E-state index contributed by atoms with van der Waals surface area (Å²) in [4.78, 5) is 2.43. The van der Waals surface area contributed by atoms with Crippen molar-refractivity contribution in [3.63, 3.8) is 0 Å². The molecule has 0 unspecified atom stereocenters. The number of hydrogen-bond donors (Lipinski definition) is 0. The lowest BCUT2D eigenvalue weighted by atomic mass is 9.67. The van der Waals surface area contributed by atoms with Crippen molar-refractivity contribution in [1.82, 2.24) is 4.57 Å². The number of aromatic nitrogens is 1. The molecule has 2 aromatic heterocycles. The summed E-state index contributed by atoms with van der Waals surface area (Å²) in [6, 6.07) is 89.7. The van der Waals surface area contributed by atoms with Crippen molar-refractivity contribution in [3.8, 4) is 27.9 Å². The van der Waals surface area contributed by atoms with E-state index in [0.29, 0.717) is 0 Å². The molecule has 0 saturated carbocycles. The van der Waals surface area contributed by atoms with Crippen LogP contribution in [-0.4, -0.2) is 4.57 Å². The topological polar surface area (TPSA) is 8.17 Å². The minimum absolute atomic E-state index is 0.595. The number of nitrogens with zero attached hydrogens (tertiary/aromatic N) is 2. The van der Waals surface area contributed by atoms with Crippen LogP contribution in [-0.2, 0) is 5.41 Å². The van der Waals surface area contributed by atoms with Gasteiger partial charge in [0, 0.05) is 53.7 Å². The second kappa shape index (κ2) is 14.6. The number of fused-ring (bicyclic) bond motifs is 9. The molecule has 0 atom stereocenters. The molecule has 3 heteroatoms. The number of anilines is 3. The molecule has 0 radical (unpaired) electrons. The predicted octanol–water partition coefficient (Wildman–Crippen LogP) is 16.7. The van der Waals surface area contributed by atoms with Crippen LogP contribution in [0.5, 0.6) is 0 Å². The third-order valence-electron chi connectivity index (χ3n) is 13.4. The first kappa shape index (κ1) is 36.7. The highest BCUT2D eigenvalue weighted by molar-refractivity contribution is 7.25. The fourth-order valence-electron chi connectivity index (χ4n) is 10.7. The average Bonchev–Trinajstić information content (AvgIpc) is 4.01. The van der Waals surface area contributed by atoms with Gasteiger partial charge >= 0.3 is 0 Å². The molecule has 0 amide bonds. The Bertz CT molecular complexity index is 3680. The van der Waals surface area contributed by atoms with E-state index in [9.17, 15) is 0 Å². The fraction of sp³-hybridized carbons (Fsp3) is 0.0164. The van der Waals surface area contributed by atoms with Crippen molar-refractivity contribution in [2.45, 2.75) is 5.41 Å². The molecular weight excluding hydrogens is 793 g/mol. The molecule has 0 bridgehead atoms. The van der Waals surface area contributed by atoms with Gasteiger partial charge in [-0.15, -0.1) is 11.3 Å². The van der Waals surface area contributed by atoms with E-state index in [1.54, 1.807) is 0 Å². The van der Waals surface area contributed by atoms with Crippen LogP contribution in [0.4, 0.5) is 17.1 Å². The van der Waals surface area contributed by atoms with Crippen molar-refractivity contribution in [2.75, 3.05) is 4.90 Å². The largest absolute Gasteiger partial charge is 0.310 e. The monoisotopic (exact) mass is 832 g/mol. The van der Waals surface area contributed by atoms with Gasteiger partial charge in [0.2, 0.25) is 0 Å². The first-order valence-electron chi connectivity index (χ1n) is 22.0. The Hall–Kier alpha value is -7.98. The van der Waals surface area contributed by atoms with Crippen LogP contribution in [0.2, 0.25) is 0 Å². The summed E-state index contributed by atoms with van der Waals surface area (Å²) in [5.74, 6) is 0. The highest BCUT2D eigenvalue weighted by atomic mass is 32.1. The molecule has 0 saturated heterocycles. The smallest absolute Gasteiger partial charge is 0.0714 e. The molecule has 13 rings (SSSR count). The van der Waals surface area contributed by atoms with Gasteiger partial charge in [-0.3, -0.25) is 0 Å². The zero-order chi connectivity index (χ0) is 42.2. The Labute approximate surface area is 376 Å². The van der Waals surface area contributed by atoms with Crippen molar-refractivity contribution in [2.24, 2.45) is 0 Å². The van der Waals surface area contributed by atoms with Crippen LogP contribution in [0.15, 0.2) is 243 Å². The molecule has 1 aliphatic rings. The van der Waals surface area contributed by atoms with Gasteiger partial charge in [0.05, 0.1) is 16.4 Å². The molecule has 64 heavy (non-hydrogen) atoms. The maximum Gasteiger partial charge on any atom is 0.0714 e. The van der Waals surface area contributed by atoms with E-state index < -0.39 is 5.41 Å². The Morgan fingerprint density at radius 3 is 1.62 bits per heavy atom. The number of hydrogen-bond acceptors (Lipinski definition) is 2. The fourth-order valence-corrected chi connectivity index (χ4v) is 11.8. The first-order chi connectivity index (χ1) is 31.7. The van der Waals surface area contributed by atoms with Gasteiger partial charge in [-0.2, -0.15) is 0 Å². The van der Waals surface area contributed by atoms with Gasteiger partial charge in [-0.25, -0.2) is 0 Å². The molecular formula is C61H40N2S. The molecule has 2 heterocycles. The third kappa shape index (κ3) is 5.51. The lowest BCUT2D eigenvalue weighted by Gasteiger charge is -2.35. The summed E-state index contributed by atoms with van der Waals surface area (Å²) in [5, 5.41) is 5.08. The molecule has 0 fully saturated rings. The maximum atomic E-state index is 2.48. The Balaban J connectivity index is 1.04. The van der Waals surface area contributed by atoms with E-state index in [2.05, 4.69) is 252 Å². The van der Waals surface area contributed by atoms with Crippen LogP contribution >= 0.6 is 11.3 Å². The second-order valence-corrected chi connectivity index (χ2v) is 17.9. The van der Waals surface area contributed by atoms with E-state index in [1.807, 2.05) is 11.3 Å². The summed E-state index contributed by atoms with van der Waals surface area (Å²) in [5.41, 5.74) is 16.3. The van der Waals surface area contributed by atoms with Crippen molar-refractivity contribution >= 4 is 70.4 Å². The average molecular weight is 833 g/mol. The van der Waals surface area contributed by atoms with Gasteiger partial charge < -0.3 is 9.47 Å². The summed E-state index contributed by atoms with van der Waals surface area (Å²) in [6.45, 7) is 0. The predicted molar refractivity (Wildman–Crippen MR) is 271 cm³/mol. The Morgan fingerprint density at radius 1 is 0.344 bits per heavy atom. The van der Waals surface area contributed by atoms with Crippen LogP contribution < -0.4 is 4.90 Å². The maximum absolute atomic E-state index is 2.48. The summed E-state index contributed by atoms with van der Waals surface area (Å²) >= 11 is 1.86. The first-order valence-corrected chi connectivity index (χ1v) is 22.8. The molecule has 1 aliphatic carbocycles. The normalized spacial score (nSPS) is 12.8. The molecule has 300 valence electrons. The van der Waals surface area contributed by atoms with Gasteiger partial charge in [-0.05, 0) is 129 Å². The molecule has 0 aliphatic heterocycles. The Morgan fingerprint density at radius 2 is 0.875 bits per heavy atom. The summed E-state index contributed by atoms with van der Waals surface area (Å²) in [7, 11) is 0. The second-order valence-electron chi connectivity index (χ2n) is 16.8. The standard InChI is InChI=1S/C61H40N2S/c1-5-17-43(18-6-1)61(44-19-7-2-8-20-44)55-38-42(41-30-35-58-53(37-41)51-25-13-15-27-57(51)63(58)46-23-11-4-12-24-46)29-33-49(55)50-34-31-48(40-56(50)61)62(45-21-9-3-10-22-45)47-32-36-60-54(39-47)52-26-14-16-28-59(52)64-60/h1-40H. The van der Waals surface area contributed by atoms with Gasteiger partial charge in [-0.1, -0.05) is 158 Å². The number of para-hydroxylation sites is 3. The quantitative estimate of drug-likeness (QED) is 0.155. The summed E-state index contributed by atoms with van der Waals surface area (Å²) in [6.07, 6.45) is 0. The Kier molecular flexibility index (Phi) is 8.34. The molecule has 12 aromatic rings. The van der Waals surface area contributed by atoms with Gasteiger partial charge in [0.25, 0.3) is 0 Å². The van der Waals surface area contributed by atoms with E-state index >= 15 is 0 Å². The lowest BCUT2D eigenvalue weighted by Crippen LogP contribution is -2.28. The molecule has 0 spiro atoms. The van der Waals surface area contributed by atoms with Crippen LogP contribution in [0.25, 0.3) is 69.9 Å². The van der Waals surface area contributed by atoms with Gasteiger partial charge in [0.1, 0.15) is 0 Å². The number of benzene rings is 10. The highest BCUT2D eigenvalue weighted by Gasteiger charge is 2.46. The van der Waals surface area contributed by atoms with E-state index in [4.69, 9.17) is 0 Å². The van der Waals surface area contributed by atoms with Crippen molar-refractivity contribution in [1.29, 1.82) is 0 Å². The third-order valence-corrected chi connectivity index (χ3v) is 14.6. The van der Waals surface area contributed by atoms with Crippen LogP contribution in [0, 0.1) is 0 Å². The number of thiophene rings is 1.